The molecule has 0 spiro atoms. The van der Waals surface area contributed by atoms with E-state index < -0.39 is 0 Å². The van der Waals surface area contributed by atoms with E-state index in [1.54, 1.807) is 43.3 Å². The van der Waals surface area contributed by atoms with E-state index in [0.717, 1.165) is 18.4 Å². The molecule has 148 valence electrons. The average Bonchev–Trinajstić information content (AvgIpc) is 3.54. The number of rotatable bonds is 8. The van der Waals surface area contributed by atoms with Gasteiger partial charge < -0.3 is 19.7 Å². The van der Waals surface area contributed by atoms with Crippen LogP contribution in [0, 0.1) is 5.92 Å². The molecule has 0 unspecified atom stereocenters. The van der Waals surface area contributed by atoms with Gasteiger partial charge in [-0.15, -0.1) is 0 Å². The van der Waals surface area contributed by atoms with Crippen LogP contribution in [0.3, 0.4) is 0 Å². The Morgan fingerprint density at radius 1 is 1.11 bits per heavy atom. The van der Waals surface area contributed by atoms with Crippen molar-refractivity contribution < 1.29 is 19.1 Å². The van der Waals surface area contributed by atoms with Gasteiger partial charge in [-0.2, -0.15) is 0 Å². The van der Waals surface area contributed by atoms with Gasteiger partial charge in [0.05, 0.1) is 13.7 Å². The number of amides is 2. The summed E-state index contributed by atoms with van der Waals surface area (Å²) in [6, 6.07) is 12.7. The summed E-state index contributed by atoms with van der Waals surface area (Å²) in [5.74, 6) is 1.45. The van der Waals surface area contributed by atoms with Gasteiger partial charge >= 0.3 is 0 Å². The molecular formula is C22H26N2O4. The molecule has 3 rings (SSSR count). The smallest absolute Gasteiger partial charge is 0.253 e. The van der Waals surface area contributed by atoms with E-state index in [4.69, 9.17) is 9.47 Å². The Balaban J connectivity index is 1.62. The van der Waals surface area contributed by atoms with Crippen LogP contribution in [-0.4, -0.2) is 37.5 Å². The number of ether oxygens (including phenoxy) is 2. The number of methoxy groups -OCH3 is 1. The summed E-state index contributed by atoms with van der Waals surface area (Å²) in [6.45, 7) is 2.93. The molecule has 1 N–H and O–H groups in total. The van der Waals surface area contributed by atoms with Gasteiger partial charge in [-0.25, -0.2) is 0 Å². The van der Waals surface area contributed by atoms with Crippen LogP contribution in [0.1, 0.15) is 35.7 Å². The van der Waals surface area contributed by atoms with Gasteiger partial charge in [-0.05, 0) is 61.7 Å². The fourth-order valence-electron chi connectivity index (χ4n) is 2.94. The lowest BCUT2D eigenvalue weighted by Crippen LogP contribution is -2.26. The summed E-state index contributed by atoms with van der Waals surface area (Å²) in [5.41, 5.74) is 2.24. The number of anilines is 1. The second-order valence-corrected chi connectivity index (χ2v) is 6.92. The predicted molar refractivity (Wildman–Crippen MR) is 108 cm³/mol. The Bertz CT molecular complexity index is 844. The molecule has 0 aliphatic heterocycles. The molecular weight excluding hydrogens is 356 g/mol. The molecule has 0 heterocycles. The second kappa shape index (κ2) is 8.78. The topological polar surface area (TPSA) is 67.9 Å². The van der Waals surface area contributed by atoms with Crippen LogP contribution >= 0.6 is 0 Å². The van der Waals surface area contributed by atoms with E-state index >= 15 is 0 Å². The molecule has 0 bridgehead atoms. The minimum Gasteiger partial charge on any atom is -0.493 e. The third-order valence-corrected chi connectivity index (χ3v) is 4.64. The van der Waals surface area contributed by atoms with E-state index in [0.29, 0.717) is 35.9 Å². The lowest BCUT2D eigenvalue weighted by molar-refractivity contribution is -0.117. The van der Waals surface area contributed by atoms with Gasteiger partial charge in [-0.1, -0.05) is 6.07 Å². The number of nitrogens with zero attached hydrogens (tertiary/aromatic N) is 1. The number of hydrogen-bond donors (Lipinski definition) is 1. The number of benzene rings is 2. The standard InChI is InChI=1S/C22H26N2O4/c1-4-28-19-12-5-15(13-20(19)27-3)14-24(2)22(26)17-8-10-18(11-9-17)23-21(25)16-6-7-16/h5,8-13,16H,4,6-7,14H2,1-3H3,(H,23,25). The molecule has 6 nitrogen and oxygen atoms in total. The van der Waals surface area contributed by atoms with E-state index in [9.17, 15) is 9.59 Å². The monoisotopic (exact) mass is 382 g/mol. The normalized spacial score (nSPS) is 13.0. The minimum absolute atomic E-state index is 0.0561. The molecule has 1 aliphatic rings. The van der Waals surface area contributed by atoms with Crippen molar-refractivity contribution in [1.82, 2.24) is 4.90 Å². The molecule has 1 aliphatic carbocycles. The number of nitrogens with one attached hydrogen (secondary N) is 1. The van der Waals surface area contributed by atoms with E-state index in [1.807, 2.05) is 25.1 Å². The maximum Gasteiger partial charge on any atom is 0.253 e. The quantitative estimate of drug-likeness (QED) is 0.756. The zero-order chi connectivity index (χ0) is 20.1. The number of hydrogen-bond acceptors (Lipinski definition) is 4. The molecule has 2 aromatic rings. The largest absolute Gasteiger partial charge is 0.493 e. The highest BCUT2D eigenvalue weighted by Crippen LogP contribution is 2.30. The van der Waals surface area contributed by atoms with Gasteiger partial charge in [0.25, 0.3) is 5.91 Å². The van der Waals surface area contributed by atoms with Crippen LogP contribution < -0.4 is 14.8 Å². The van der Waals surface area contributed by atoms with Crippen molar-refractivity contribution in [3.05, 3.63) is 53.6 Å². The first-order valence-electron chi connectivity index (χ1n) is 9.48. The first-order chi connectivity index (χ1) is 13.5. The van der Waals surface area contributed by atoms with Gasteiger partial charge in [0.2, 0.25) is 5.91 Å². The second-order valence-electron chi connectivity index (χ2n) is 6.92. The zero-order valence-electron chi connectivity index (χ0n) is 16.5. The highest BCUT2D eigenvalue weighted by molar-refractivity contribution is 5.96. The number of carbonyl (C=O) groups is 2. The maximum atomic E-state index is 12.7. The van der Waals surface area contributed by atoms with Crippen LogP contribution in [0.25, 0.3) is 0 Å². The summed E-state index contributed by atoms with van der Waals surface area (Å²) >= 11 is 0. The van der Waals surface area contributed by atoms with Crippen LogP contribution in [-0.2, 0) is 11.3 Å². The van der Waals surface area contributed by atoms with E-state index in [2.05, 4.69) is 5.32 Å². The van der Waals surface area contributed by atoms with Crippen molar-refractivity contribution in [2.45, 2.75) is 26.3 Å². The van der Waals surface area contributed by atoms with E-state index in [1.165, 1.54) is 0 Å². The molecule has 28 heavy (non-hydrogen) atoms. The Morgan fingerprint density at radius 3 is 2.43 bits per heavy atom. The molecule has 0 aromatic heterocycles. The predicted octanol–water partition coefficient (Wildman–Crippen LogP) is 3.71. The molecule has 2 amide bonds. The fraction of sp³-hybridized carbons (Fsp3) is 0.364. The molecule has 0 atom stereocenters. The molecule has 1 saturated carbocycles. The minimum atomic E-state index is -0.0899. The Morgan fingerprint density at radius 2 is 1.82 bits per heavy atom. The maximum absolute atomic E-state index is 12.7. The first-order valence-corrected chi connectivity index (χ1v) is 9.48. The molecule has 2 aromatic carbocycles. The van der Waals surface area contributed by atoms with Crippen molar-refractivity contribution in [3.63, 3.8) is 0 Å². The molecule has 6 heteroatoms. The Kier molecular flexibility index (Phi) is 6.19. The summed E-state index contributed by atoms with van der Waals surface area (Å²) in [5, 5.41) is 2.88. The fourth-order valence-corrected chi connectivity index (χ4v) is 2.94. The van der Waals surface area contributed by atoms with Crippen molar-refractivity contribution in [1.29, 1.82) is 0 Å². The van der Waals surface area contributed by atoms with Gasteiger partial charge in [0, 0.05) is 30.8 Å². The third kappa shape index (κ3) is 4.82. The van der Waals surface area contributed by atoms with Gasteiger partial charge in [-0.3, -0.25) is 9.59 Å². The summed E-state index contributed by atoms with van der Waals surface area (Å²) in [7, 11) is 3.36. The van der Waals surface area contributed by atoms with Crippen molar-refractivity contribution in [3.8, 4) is 11.5 Å². The van der Waals surface area contributed by atoms with Crippen molar-refractivity contribution in [2.75, 3.05) is 26.1 Å². The lowest BCUT2D eigenvalue weighted by Gasteiger charge is -2.19. The average molecular weight is 382 g/mol. The summed E-state index contributed by atoms with van der Waals surface area (Å²) < 4.78 is 10.9. The third-order valence-electron chi connectivity index (χ3n) is 4.64. The number of carbonyl (C=O) groups excluding carboxylic acids is 2. The van der Waals surface area contributed by atoms with Crippen molar-refractivity contribution in [2.24, 2.45) is 5.92 Å². The first kappa shape index (κ1) is 19.7. The highest BCUT2D eigenvalue weighted by atomic mass is 16.5. The SMILES string of the molecule is CCOc1ccc(CN(C)C(=O)c2ccc(NC(=O)C3CC3)cc2)cc1OC. The molecule has 0 radical (unpaired) electrons. The lowest BCUT2D eigenvalue weighted by atomic mass is 10.1. The van der Waals surface area contributed by atoms with Crippen LogP contribution in [0.4, 0.5) is 5.69 Å². The van der Waals surface area contributed by atoms with Crippen molar-refractivity contribution >= 4 is 17.5 Å². The molecule has 1 fully saturated rings. The summed E-state index contributed by atoms with van der Waals surface area (Å²) in [4.78, 5) is 26.2. The van der Waals surface area contributed by atoms with Crippen LogP contribution in [0.15, 0.2) is 42.5 Å². The van der Waals surface area contributed by atoms with Gasteiger partial charge in [0.15, 0.2) is 11.5 Å². The van der Waals surface area contributed by atoms with E-state index in [-0.39, 0.29) is 17.7 Å². The molecule has 0 saturated heterocycles. The highest BCUT2D eigenvalue weighted by Gasteiger charge is 2.29. The van der Waals surface area contributed by atoms with Crippen LogP contribution in [0.5, 0.6) is 11.5 Å². The Labute approximate surface area is 165 Å². The zero-order valence-corrected chi connectivity index (χ0v) is 16.5. The van der Waals surface area contributed by atoms with Gasteiger partial charge in [0.1, 0.15) is 0 Å². The Hall–Kier alpha value is -3.02. The summed E-state index contributed by atoms with van der Waals surface area (Å²) in [6.07, 6.45) is 1.92. The van der Waals surface area contributed by atoms with Crippen LogP contribution in [0.2, 0.25) is 0 Å².